The maximum atomic E-state index is 11.5. The van der Waals surface area contributed by atoms with E-state index >= 15 is 0 Å². The number of benzene rings is 1. The van der Waals surface area contributed by atoms with Gasteiger partial charge in [0.2, 0.25) is 0 Å². The molecular formula is C10H7NOS2. The predicted molar refractivity (Wildman–Crippen MR) is 63.7 cm³/mol. The van der Waals surface area contributed by atoms with Crippen LogP contribution in [0, 0.1) is 0 Å². The molecule has 0 N–H and O–H groups in total. The molecule has 1 aliphatic rings. The molecule has 0 aromatic heterocycles. The molecule has 0 fully saturated rings. The summed E-state index contributed by atoms with van der Waals surface area (Å²) in [7, 11) is -1.24. The fourth-order valence-electron chi connectivity index (χ4n) is 1.12. The SMILES string of the molecule is O=S1C(=S)N=CC1=Cc1ccccc1. The van der Waals surface area contributed by atoms with Gasteiger partial charge in [0.25, 0.3) is 0 Å². The van der Waals surface area contributed by atoms with Gasteiger partial charge < -0.3 is 0 Å². The average molecular weight is 221 g/mol. The van der Waals surface area contributed by atoms with E-state index in [0.29, 0.717) is 4.91 Å². The van der Waals surface area contributed by atoms with Gasteiger partial charge in [-0.3, -0.25) is 0 Å². The highest BCUT2D eigenvalue weighted by molar-refractivity contribution is 8.16. The molecule has 70 valence electrons. The number of rotatable bonds is 1. The number of hydrogen-bond acceptors (Lipinski definition) is 2. The molecule has 2 rings (SSSR count). The Morgan fingerprint density at radius 3 is 2.57 bits per heavy atom. The first-order valence-electron chi connectivity index (χ1n) is 4.04. The van der Waals surface area contributed by atoms with Crippen LogP contribution in [0.5, 0.6) is 0 Å². The van der Waals surface area contributed by atoms with Crippen LogP contribution in [0.3, 0.4) is 0 Å². The van der Waals surface area contributed by atoms with E-state index in [-0.39, 0.29) is 4.32 Å². The lowest BCUT2D eigenvalue weighted by Crippen LogP contribution is -1.95. The quantitative estimate of drug-likeness (QED) is 0.680. The Balaban J connectivity index is 2.34. The fourth-order valence-corrected chi connectivity index (χ4v) is 2.20. The molecule has 1 aliphatic heterocycles. The molecule has 1 atom stereocenters. The van der Waals surface area contributed by atoms with Crippen molar-refractivity contribution in [3.8, 4) is 0 Å². The van der Waals surface area contributed by atoms with E-state index in [2.05, 4.69) is 4.99 Å². The molecule has 1 heterocycles. The second-order valence-electron chi connectivity index (χ2n) is 2.75. The summed E-state index contributed by atoms with van der Waals surface area (Å²) in [6, 6.07) is 9.69. The van der Waals surface area contributed by atoms with Gasteiger partial charge in [0, 0.05) is 6.21 Å². The number of nitrogens with zero attached hydrogens (tertiary/aromatic N) is 1. The summed E-state index contributed by atoms with van der Waals surface area (Å²) in [4.78, 5) is 4.50. The molecule has 1 unspecified atom stereocenters. The third-order valence-electron chi connectivity index (χ3n) is 1.78. The van der Waals surface area contributed by atoms with Gasteiger partial charge >= 0.3 is 0 Å². The molecule has 0 saturated carbocycles. The smallest absolute Gasteiger partial charge is 0.195 e. The Bertz CT molecular complexity index is 448. The van der Waals surface area contributed by atoms with E-state index in [1.807, 2.05) is 36.4 Å². The van der Waals surface area contributed by atoms with Gasteiger partial charge in [0.15, 0.2) is 4.32 Å². The van der Waals surface area contributed by atoms with Gasteiger partial charge in [-0.25, -0.2) is 9.20 Å². The van der Waals surface area contributed by atoms with Crippen molar-refractivity contribution in [1.82, 2.24) is 0 Å². The van der Waals surface area contributed by atoms with Crippen LogP contribution in [0.15, 0.2) is 40.2 Å². The molecule has 1 aromatic rings. The second kappa shape index (κ2) is 3.94. The number of hydrogen-bond donors (Lipinski definition) is 0. The van der Waals surface area contributed by atoms with E-state index in [4.69, 9.17) is 12.2 Å². The second-order valence-corrected chi connectivity index (χ2v) is 4.79. The number of thiocarbonyl (C=S) groups is 1. The van der Waals surface area contributed by atoms with E-state index in [0.717, 1.165) is 5.56 Å². The van der Waals surface area contributed by atoms with Gasteiger partial charge in [-0.05, 0) is 23.9 Å². The van der Waals surface area contributed by atoms with Crippen LogP contribution >= 0.6 is 12.2 Å². The lowest BCUT2D eigenvalue weighted by molar-refractivity contribution is 0.694. The molecule has 0 radical (unpaired) electrons. The summed E-state index contributed by atoms with van der Waals surface area (Å²) in [5.74, 6) is 0. The van der Waals surface area contributed by atoms with Crippen LogP contribution in [0.2, 0.25) is 0 Å². The van der Waals surface area contributed by atoms with Gasteiger partial charge in [-0.1, -0.05) is 30.3 Å². The normalized spacial score (nSPS) is 23.3. The third kappa shape index (κ3) is 1.86. The first-order chi connectivity index (χ1) is 6.77. The molecular weight excluding hydrogens is 214 g/mol. The van der Waals surface area contributed by atoms with Crippen molar-refractivity contribution in [2.24, 2.45) is 4.99 Å². The zero-order valence-electron chi connectivity index (χ0n) is 7.21. The molecule has 0 amide bonds. The highest BCUT2D eigenvalue weighted by Crippen LogP contribution is 2.14. The van der Waals surface area contributed by atoms with Crippen LogP contribution in [-0.4, -0.2) is 14.7 Å². The van der Waals surface area contributed by atoms with Crippen molar-refractivity contribution in [2.75, 3.05) is 0 Å². The lowest BCUT2D eigenvalue weighted by atomic mass is 10.2. The van der Waals surface area contributed by atoms with E-state index < -0.39 is 10.8 Å². The van der Waals surface area contributed by atoms with Crippen molar-refractivity contribution in [1.29, 1.82) is 0 Å². The fraction of sp³-hybridized carbons (Fsp3) is 0. The Labute approximate surface area is 89.8 Å². The number of aliphatic imine (C=N–C) groups is 1. The Morgan fingerprint density at radius 1 is 1.29 bits per heavy atom. The van der Waals surface area contributed by atoms with Gasteiger partial charge in [-0.2, -0.15) is 0 Å². The largest absolute Gasteiger partial charge is 0.246 e. The molecule has 0 aliphatic carbocycles. The van der Waals surface area contributed by atoms with Gasteiger partial charge in [0.1, 0.15) is 10.8 Å². The van der Waals surface area contributed by atoms with Crippen molar-refractivity contribution < 1.29 is 4.21 Å². The molecule has 0 spiro atoms. The Morgan fingerprint density at radius 2 is 2.00 bits per heavy atom. The molecule has 1 aromatic carbocycles. The van der Waals surface area contributed by atoms with Crippen LogP contribution in [0.25, 0.3) is 6.08 Å². The summed E-state index contributed by atoms with van der Waals surface area (Å²) in [6.45, 7) is 0. The maximum absolute atomic E-state index is 11.5. The first-order valence-corrected chi connectivity index (χ1v) is 5.60. The summed E-state index contributed by atoms with van der Waals surface area (Å²) in [6.07, 6.45) is 3.39. The zero-order valence-corrected chi connectivity index (χ0v) is 8.85. The Hall–Kier alpha value is -1.13. The van der Waals surface area contributed by atoms with Crippen molar-refractivity contribution >= 4 is 39.6 Å². The summed E-state index contributed by atoms with van der Waals surface area (Å²) >= 11 is 4.80. The molecule has 4 heteroatoms. The average Bonchev–Trinajstić information content (AvgIpc) is 2.52. The highest BCUT2D eigenvalue weighted by atomic mass is 32.2. The lowest BCUT2D eigenvalue weighted by Gasteiger charge is -1.93. The van der Waals surface area contributed by atoms with Crippen molar-refractivity contribution in [3.05, 3.63) is 40.8 Å². The van der Waals surface area contributed by atoms with Crippen LogP contribution in [-0.2, 0) is 10.8 Å². The molecule has 0 bridgehead atoms. The number of allylic oxidation sites excluding steroid dienone is 1. The monoisotopic (exact) mass is 221 g/mol. The summed E-state index contributed by atoms with van der Waals surface area (Å²) in [5, 5.41) is 0. The molecule has 0 saturated heterocycles. The van der Waals surface area contributed by atoms with Gasteiger partial charge in [0.05, 0.1) is 4.91 Å². The Kier molecular flexibility index (Phi) is 2.65. The molecule has 2 nitrogen and oxygen atoms in total. The zero-order chi connectivity index (χ0) is 9.97. The van der Waals surface area contributed by atoms with Gasteiger partial charge in [-0.15, -0.1) is 0 Å². The summed E-state index contributed by atoms with van der Waals surface area (Å²) in [5.41, 5.74) is 1.01. The summed E-state index contributed by atoms with van der Waals surface area (Å²) < 4.78 is 11.7. The van der Waals surface area contributed by atoms with E-state index in [9.17, 15) is 4.21 Å². The van der Waals surface area contributed by atoms with E-state index in [1.54, 1.807) is 6.21 Å². The predicted octanol–water partition coefficient (Wildman–Crippen LogP) is 2.15. The minimum absolute atomic E-state index is 0.257. The standard InChI is InChI=1S/C10H7NOS2/c12-14-9(7-11-10(14)13)6-8-4-2-1-3-5-8/h1-7H. The van der Waals surface area contributed by atoms with E-state index in [1.165, 1.54) is 0 Å². The minimum atomic E-state index is -1.24. The van der Waals surface area contributed by atoms with Crippen LogP contribution in [0.4, 0.5) is 0 Å². The first kappa shape index (κ1) is 9.43. The van der Waals surface area contributed by atoms with Crippen LogP contribution in [0.1, 0.15) is 5.56 Å². The maximum Gasteiger partial charge on any atom is 0.195 e. The molecule has 14 heavy (non-hydrogen) atoms. The van der Waals surface area contributed by atoms with Crippen LogP contribution < -0.4 is 0 Å². The highest BCUT2D eigenvalue weighted by Gasteiger charge is 2.16. The van der Waals surface area contributed by atoms with Crippen molar-refractivity contribution in [2.45, 2.75) is 0 Å². The minimum Gasteiger partial charge on any atom is -0.246 e. The topological polar surface area (TPSA) is 29.4 Å². The van der Waals surface area contributed by atoms with Crippen molar-refractivity contribution in [3.63, 3.8) is 0 Å². The third-order valence-corrected chi connectivity index (χ3v) is 3.41.